The summed E-state index contributed by atoms with van der Waals surface area (Å²) in [5.74, 6) is 1.04. The molecule has 1 fully saturated rings. The maximum atomic E-state index is 5.92. The molecule has 90 valence electrons. The van der Waals surface area contributed by atoms with Gasteiger partial charge in [-0.3, -0.25) is 4.90 Å². The molecule has 1 aliphatic carbocycles. The van der Waals surface area contributed by atoms with Gasteiger partial charge >= 0.3 is 0 Å². The lowest BCUT2D eigenvalue weighted by molar-refractivity contribution is 0.175. The smallest absolute Gasteiger partial charge is 0.105 e. The van der Waals surface area contributed by atoms with Crippen LogP contribution in [0.4, 0.5) is 0 Å². The monoisotopic (exact) mass is 222 g/mol. The zero-order valence-corrected chi connectivity index (χ0v) is 10.3. The van der Waals surface area contributed by atoms with E-state index >= 15 is 0 Å². The highest BCUT2D eigenvalue weighted by Gasteiger charge is 2.22. The van der Waals surface area contributed by atoms with Gasteiger partial charge < -0.3 is 10.2 Å². The van der Waals surface area contributed by atoms with Gasteiger partial charge in [0.1, 0.15) is 5.76 Å². The summed E-state index contributed by atoms with van der Waals surface area (Å²) in [6.07, 6.45) is 6.57. The van der Waals surface area contributed by atoms with Crippen LogP contribution in [0.2, 0.25) is 0 Å². The van der Waals surface area contributed by atoms with E-state index in [0.29, 0.717) is 12.1 Å². The molecule has 0 aromatic carbocycles. The predicted octanol–water partition coefficient (Wildman–Crippen LogP) is 2.29. The van der Waals surface area contributed by atoms with Crippen LogP contribution < -0.4 is 5.73 Å². The van der Waals surface area contributed by atoms with Crippen LogP contribution in [0.25, 0.3) is 0 Å². The van der Waals surface area contributed by atoms with Gasteiger partial charge in [-0.2, -0.15) is 0 Å². The van der Waals surface area contributed by atoms with Crippen molar-refractivity contribution in [2.24, 2.45) is 5.73 Å². The van der Waals surface area contributed by atoms with Gasteiger partial charge in [-0.1, -0.05) is 0 Å². The largest absolute Gasteiger partial charge is 0.469 e. The number of rotatable bonds is 3. The van der Waals surface area contributed by atoms with Crippen LogP contribution in [0, 0.1) is 6.92 Å². The molecule has 3 heteroatoms. The topological polar surface area (TPSA) is 42.4 Å². The molecule has 3 nitrogen and oxygen atoms in total. The first-order valence-electron chi connectivity index (χ1n) is 6.15. The van der Waals surface area contributed by atoms with Crippen LogP contribution in [-0.2, 0) is 6.54 Å². The van der Waals surface area contributed by atoms with Gasteiger partial charge in [-0.25, -0.2) is 0 Å². The van der Waals surface area contributed by atoms with Crippen molar-refractivity contribution < 1.29 is 4.42 Å². The van der Waals surface area contributed by atoms with Crippen molar-refractivity contribution >= 4 is 0 Å². The number of hydrogen-bond donors (Lipinski definition) is 1. The van der Waals surface area contributed by atoms with Crippen molar-refractivity contribution in [1.29, 1.82) is 0 Å². The van der Waals surface area contributed by atoms with Gasteiger partial charge in [-0.05, 0) is 45.7 Å². The Labute approximate surface area is 97.6 Å². The lowest BCUT2D eigenvalue weighted by Crippen LogP contribution is -2.38. The fourth-order valence-corrected chi connectivity index (χ4v) is 2.52. The Hall–Kier alpha value is -0.800. The molecule has 0 amide bonds. The number of aryl methyl sites for hydroxylation is 1. The normalized spacial score (nSPS) is 26.2. The summed E-state index contributed by atoms with van der Waals surface area (Å²) in [4.78, 5) is 2.43. The number of furan rings is 1. The molecular weight excluding hydrogens is 200 g/mol. The van der Waals surface area contributed by atoms with E-state index in [4.69, 9.17) is 10.2 Å². The Bertz CT molecular complexity index is 326. The van der Waals surface area contributed by atoms with E-state index in [1.165, 1.54) is 31.2 Å². The van der Waals surface area contributed by atoms with Gasteiger partial charge in [0.15, 0.2) is 0 Å². The van der Waals surface area contributed by atoms with Crippen molar-refractivity contribution in [3.63, 3.8) is 0 Å². The molecule has 0 radical (unpaired) electrons. The molecule has 0 unspecified atom stereocenters. The van der Waals surface area contributed by atoms with E-state index in [9.17, 15) is 0 Å². The summed E-state index contributed by atoms with van der Waals surface area (Å²) in [6.45, 7) is 3.02. The molecule has 16 heavy (non-hydrogen) atoms. The number of nitrogens with zero attached hydrogens (tertiary/aromatic N) is 1. The van der Waals surface area contributed by atoms with E-state index < -0.39 is 0 Å². The molecule has 0 spiro atoms. The zero-order chi connectivity index (χ0) is 11.5. The summed E-state index contributed by atoms with van der Waals surface area (Å²) in [6, 6.07) is 3.19. The number of hydrogen-bond acceptors (Lipinski definition) is 3. The Kier molecular flexibility index (Phi) is 3.66. The lowest BCUT2D eigenvalue weighted by atomic mass is 9.91. The molecule has 0 saturated heterocycles. The highest BCUT2D eigenvalue weighted by atomic mass is 16.3. The molecular formula is C13H22N2O. The molecule has 1 saturated carbocycles. The van der Waals surface area contributed by atoms with Crippen molar-refractivity contribution in [3.05, 3.63) is 23.7 Å². The standard InChI is InChI=1S/C13H22N2O/c1-10-11(7-8-16-10)9-15(2)13-5-3-12(14)4-6-13/h7-8,12-13H,3-6,9,14H2,1-2H3. The van der Waals surface area contributed by atoms with E-state index in [2.05, 4.69) is 18.0 Å². The van der Waals surface area contributed by atoms with E-state index in [1.807, 2.05) is 6.92 Å². The van der Waals surface area contributed by atoms with Crippen LogP contribution in [0.1, 0.15) is 37.0 Å². The van der Waals surface area contributed by atoms with Crippen LogP contribution in [0.5, 0.6) is 0 Å². The highest BCUT2D eigenvalue weighted by Crippen LogP contribution is 2.23. The van der Waals surface area contributed by atoms with Crippen molar-refractivity contribution in [2.45, 2.75) is 51.2 Å². The Morgan fingerprint density at radius 3 is 2.62 bits per heavy atom. The van der Waals surface area contributed by atoms with Gasteiger partial charge in [0.25, 0.3) is 0 Å². The molecule has 2 rings (SSSR count). The number of nitrogens with two attached hydrogens (primary N) is 1. The molecule has 2 N–H and O–H groups in total. The van der Waals surface area contributed by atoms with Gasteiger partial charge in [-0.15, -0.1) is 0 Å². The van der Waals surface area contributed by atoms with Crippen molar-refractivity contribution in [2.75, 3.05) is 7.05 Å². The summed E-state index contributed by atoms with van der Waals surface area (Å²) in [7, 11) is 2.20. The Morgan fingerprint density at radius 1 is 1.38 bits per heavy atom. The highest BCUT2D eigenvalue weighted by molar-refractivity contribution is 5.15. The van der Waals surface area contributed by atoms with E-state index in [-0.39, 0.29) is 0 Å². The summed E-state index contributed by atoms with van der Waals surface area (Å²) >= 11 is 0. The second-order valence-electron chi connectivity index (χ2n) is 4.99. The van der Waals surface area contributed by atoms with E-state index in [0.717, 1.165) is 12.3 Å². The molecule has 0 bridgehead atoms. The molecule has 1 aromatic heterocycles. The average molecular weight is 222 g/mol. The third-order valence-electron chi connectivity index (χ3n) is 3.75. The minimum atomic E-state index is 0.431. The quantitative estimate of drug-likeness (QED) is 0.853. The maximum absolute atomic E-state index is 5.92. The first-order chi connectivity index (χ1) is 7.66. The molecule has 1 aliphatic rings. The first-order valence-corrected chi connectivity index (χ1v) is 6.15. The predicted molar refractivity (Wildman–Crippen MR) is 65.1 cm³/mol. The lowest BCUT2D eigenvalue weighted by Gasteiger charge is -2.33. The fourth-order valence-electron chi connectivity index (χ4n) is 2.52. The van der Waals surface area contributed by atoms with Gasteiger partial charge in [0.2, 0.25) is 0 Å². The summed E-state index contributed by atoms with van der Waals surface area (Å²) in [5.41, 5.74) is 7.23. The fraction of sp³-hybridized carbons (Fsp3) is 0.692. The second kappa shape index (κ2) is 5.02. The minimum Gasteiger partial charge on any atom is -0.469 e. The summed E-state index contributed by atoms with van der Waals surface area (Å²) in [5, 5.41) is 0. The van der Waals surface area contributed by atoms with Crippen LogP contribution in [0.3, 0.4) is 0 Å². The van der Waals surface area contributed by atoms with Crippen molar-refractivity contribution in [3.8, 4) is 0 Å². The maximum Gasteiger partial charge on any atom is 0.105 e. The summed E-state index contributed by atoms with van der Waals surface area (Å²) < 4.78 is 5.32. The SMILES string of the molecule is Cc1occc1CN(C)C1CCC(N)CC1. The molecule has 1 aromatic rings. The molecule has 0 atom stereocenters. The van der Waals surface area contributed by atoms with Gasteiger partial charge in [0, 0.05) is 24.2 Å². The van der Waals surface area contributed by atoms with Gasteiger partial charge in [0.05, 0.1) is 6.26 Å². The van der Waals surface area contributed by atoms with Crippen LogP contribution >= 0.6 is 0 Å². The molecule has 0 aliphatic heterocycles. The third-order valence-corrected chi connectivity index (χ3v) is 3.75. The first kappa shape index (κ1) is 11.7. The average Bonchev–Trinajstić information content (AvgIpc) is 2.65. The second-order valence-corrected chi connectivity index (χ2v) is 4.99. The zero-order valence-electron chi connectivity index (χ0n) is 10.3. The van der Waals surface area contributed by atoms with Crippen LogP contribution in [0.15, 0.2) is 16.7 Å². The van der Waals surface area contributed by atoms with Crippen LogP contribution in [-0.4, -0.2) is 24.0 Å². The molecule has 1 heterocycles. The Morgan fingerprint density at radius 2 is 2.06 bits per heavy atom. The van der Waals surface area contributed by atoms with E-state index in [1.54, 1.807) is 6.26 Å². The third kappa shape index (κ3) is 2.66. The Balaban J connectivity index is 1.88. The minimum absolute atomic E-state index is 0.431. The van der Waals surface area contributed by atoms with Crippen molar-refractivity contribution in [1.82, 2.24) is 4.90 Å².